The van der Waals surface area contributed by atoms with Crippen LogP contribution in [-0.2, 0) is 16.1 Å². The molecule has 25 heavy (non-hydrogen) atoms. The van der Waals surface area contributed by atoms with Gasteiger partial charge < -0.3 is 15.0 Å². The van der Waals surface area contributed by atoms with Gasteiger partial charge in [-0.2, -0.15) is 0 Å². The van der Waals surface area contributed by atoms with Crippen molar-refractivity contribution in [1.29, 1.82) is 0 Å². The van der Waals surface area contributed by atoms with Gasteiger partial charge in [-0.3, -0.25) is 10.1 Å². The Morgan fingerprint density at radius 3 is 2.64 bits per heavy atom. The molecule has 0 bridgehead atoms. The first kappa shape index (κ1) is 19.9. The number of amides is 1. The topological polar surface area (TPSA) is 82.2 Å². The second-order valence-electron chi connectivity index (χ2n) is 6.06. The van der Waals surface area contributed by atoms with Crippen molar-refractivity contribution >= 4 is 40.2 Å². The van der Waals surface area contributed by atoms with Crippen LogP contribution in [0.5, 0.6) is 0 Å². The number of aromatic nitrogens is 2. The lowest BCUT2D eigenvalue weighted by molar-refractivity contribution is -0.130. The van der Waals surface area contributed by atoms with Crippen molar-refractivity contribution in [2.75, 3.05) is 25.1 Å². The fraction of sp³-hybridized carbons (Fsp3) is 0.412. The van der Waals surface area contributed by atoms with E-state index in [0.29, 0.717) is 45.1 Å². The van der Waals surface area contributed by atoms with Crippen molar-refractivity contribution in [2.24, 2.45) is 11.1 Å². The summed E-state index contributed by atoms with van der Waals surface area (Å²) in [6, 6.07) is 8.07. The van der Waals surface area contributed by atoms with Crippen molar-refractivity contribution in [3.05, 3.63) is 46.7 Å². The van der Waals surface area contributed by atoms with E-state index >= 15 is 0 Å². The Labute approximate surface area is 161 Å². The fourth-order valence-electron chi connectivity index (χ4n) is 2.87. The molecule has 0 unspecified atom stereocenters. The van der Waals surface area contributed by atoms with E-state index in [9.17, 15) is 4.79 Å². The first-order valence-electron chi connectivity index (χ1n) is 7.98. The van der Waals surface area contributed by atoms with E-state index in [-0.39, 0.29) is 18.3 Å². The molecular formula is C17H22BrClN4O2. The first-order valence-corrected chi connectivity index (χ1v) is 8.77. The number of halogens is 2. The van der Waals surface area contributed by atoms with E-state index in [2.05, 4.69) is 26.2 Å². The maximum atomic E-state index is 12.8. The van der Waals surface area contributed by atoms with Gasteiger partial charge in [0.05, 0.1) is 12.0 Å². The lowest BCUT2D eigenvalue weighted by atomic mass is 9.79. The van der Waals surface area contributed by atoms with Crippen LogP contribution in [0.3, 0.4) is 0 Å². The van der Waals surface area contributed by atoms with Crippen LogP contribution in [0.15, 0.2) is 41.1 Å². The largest absolute Gasteiger partial charge is 0.381 e. The zero-order chi connectivity index (χ0) is 17.0. The third kappa shape index (κ3) is 4.61. The molecule has 3 N–H and O–H groups in total. The summed E-state index contributed by atoms with van der Waals surface area (Å²) >= 11 is 3.43. The number of hydrogen-bond donors (Lipinski definition) is 2. The molecule has 8 heteroatoms. The highest BCUT2D eigenvalue weighted by atomic mass is 79.9. The Bertz CT molecular complexity index is 699. The number of nitrogens with two attached hydrogens (primary N) is 1. The van der Waals surface area contributed by atoms with Crippen molar-refractivity contribution in [1.82, 2.24) is 9.55 Å². The summed E-state index contributed by atoms with van der Waals surface area (Å²) in [4.78, 5) is 17.0. The summed E-state index contributed by atoms with van der Waals surface area (Å²) < 4.78 is 8.32. The molecule has 1 aliphatic rings. The highest BCUT2D eigenvalue weighted by molar-refractivity contribution is 9.10. The van der Waals surface area contributed by atoms with Crippen molar-refractivity contribution in [3.63, 3.8) is 0 Å². The molecule has 1 aromatic heterocycles. The summed E-state index contributed by atoms with van der Waals surface area (Å²) in [6.07, 6.45) is 4.83. The number of nitrogens with one attached hydrogen (secondary N) is 1. The Morgan fingerprint density at radius 1 is 1.32 bits per heavy atom. The van der Waals surface area contributed by atoms with Gasteiger partial charge in [-0.1, -0.05) is 28.1 Å². The van der Waals surface area contributed by atoms with Gasteiger partial charge in [0, 0.05) is 36.6 Å². The number of hydrogen-bond acceptors (Lipinski definition) is 4. The molecule has 1 amide bonds. The molecule has 0 atom stereocenters. The fourth-order valence-corrected chi connectivity index (χ4v) is 3.13. The molecule has 2 aromatic rings. The number of ether oxygens (including phenoxy) is 1. The summed E-state index contributed by atoms with van der Waals surface area (Å²) in [5.74, 6) is 0.471. The second kappa shape index (κ2) is 8.80. The molecular weight excluding hydrogens is 408 g/mol. The van der Waals surface area contributed by atoms with Crippen LogP contribution in [0.4, 0.5) is 5.95 Å². The minimum Gasteiger partial charge on any atom is -0.381 e. The quantitative estimate of drug-likeness (QED) is 0.766. The SMILES string of the molecule is Cl.NCC1(C(=O)Nc2nccn2Cc2ccc(Br)cc2)CCOCC1. The third-order valence-electron chi connectivity index (χ3n) is 4.53. The van der Waals surface area contributed by atoms with Crippen LogP contribution in [-0.4, -0.2) is 35.2 Å². The highest BCUT2D eigenvalue weighted by Crippen LogP contribution is 2.30. The number of carbonyl (C=O) groups excluding carboxylic acids is 1. The normalized spacial score (nSPS) is 16.1. The van der Waals surface area contributed by atoms with Crippen molar-refractivity contribution < 1.29 is 9.53 Å². The lowest BCUT2D eigenvalue weighted by Gasteiger charge is -2.34. The summed E-state index contributed by atoms with van der Waals surface area (Å²) in [5, 5.41) is 2.95. The number of anilines is 1. The molecule has 1 saturated heterocycles. The minimum atomic E-state index is -0.563. The molecule has 2 heterocycles. The van der Waals surface area contributed by atoms with E-state index in [0.717, 1.165) is 10.0 Å². The van der Waals surface area contributed by atoms with Crippen LogP contribution >= 0.6 is 28.3 Å². The van der Waals surface area contributed by atoms with E-state index in [1.54, 1.807) is 6.20 Å². The smallest absolute Gasteiger partial charge is 0.234 e. The van der Waals surface area contributed by atoms with Gasteiger partial charge in [0.2, 0.25) is 11.9 Å². The minimum absolute atomic E-state index is 0. The van der Waals surface area contributed by atoms with Crippen LogP contribution in [0.1, 0.15) is 18.4 Å². The summed E-state index contributed by atoms with van der Waals surface area (Å²) in [6.45, 7) is 2.09. The van der Waals surface area contributed by atoms with Gasteiger partial charge in [0.25, 0.3) is 0 Å². The first-order chi connectivity index (χ1) is 11.6. The standard InChI is InChI=1S/C17H21BrN4O2.ClH/c18-14-3-1-13(2-4-14)11-22-8-7-20-16(22)21-15(23)17(12-19)5-9-24-10-6-17;/h1-4,7-8H,5-6,9-12,19H2,(H,20,21,23);1H. The molecule has 136 valence electrons. The monoisotopic (exact) mass is 428 g/mol. The van der Waals surface area contributed by atoms with Gasteiger partial charge in [-0.25, -0.2) is 4.98 Å². The molecule has 6 nitrogen and oxygen atoms in total. The predicted octanol–water partition coefficient (Wildman–Crippen LogP) is 2.81. The van der Waals surface area contributed by atoms with Gasteiger partial charge in [0.1, 0.15) is 0 Å². The number of rotatable bonds is 5. The van der Waals surface area contributed by atoms with E-state index < -0.39 is 5.41 Å². The number of carbonyl (C=O) groups is 1. The van der Waals surface area contributed by atoms with Gasteiger partial charge >= 0.3 is 0 Å². The van der Waals surface area contributed by atoms with Gasteiger partial charge in [-0.15, -0.1) is 12.4 Å². The van der Waals surface area contributed by atoms with Gasteiger partial charge in [0.15, 0.2) is 0 Å². The van der Waals surface area contributed by atoms with E-state index in [1.165, 1.54) is 0 Å². The Morgan fingerprint density at radius 2 is 2.00 bits per heavy atom. The maximum Gasteiger partial charge on any atom is 0.234 e. The number of nitrogens with zero attached hydrogens (tertiary/aromatic N) is 2. The molecule has 0 radical (unpaired) electrons. The Balaban J connectivity index is 0.00000225. The molecule has 1 aromatic carbocycles. The van der Waals surface area contributed by atoms with Gasteiger partial charge in [-0.05, 0) is 30.5 Å². The zero-order valence-corrected chi connectivity index (χ0v) is 16.2. The predicted molar refractivity (Wildman–Crippen MR) is 103 cm³/mol. The third-order valence-corrected chi connectivity index (χ3v) is 5.06. The zero-order valence-electron chi connectivity index (χ0n) is 13.8. The van der Waals surface area contributed by atoms with Crippen LogP contribution < -0.4 is 11.1 Å². The van der Waals surface area contributed by atoms with Crippen molar-refractivity contribution in [3.8, 4) is 0 Å². The molecule has 0 aliphatic carbocycles. The lowest BCUT2D eigenvalue weighted by Crippen LogP contribution is -2.46. The molecule has 0 saturated carbocycles. The van der Waals surface area contributed by atoms with E-state index in [1.807, 2.05) is 35.0 Å². The molecule has 3 rings (SSSR count). The second-order valence-corrected chi connectivity index (χ2v) is 6.97. The summed E-state index contributed by atoms with van der Waals surface area (Å²) in [7, 11) is 0. The number of benzene rings is 1. The Hall–Kier alpha value is -1.41. The van der Waals surface area contributed by atoms with E-state index in [4.69, 9.17) is 10.5 Å². The molecule has 1 fully saturated rings. The maximum absolute atomic E-state index is 12.8. The summed E-state index contributed by atoms with van der Waals surface area (Å²) in [5.41, 5.74) is 6.46. The number of imidazole rings is 1. The molecule has 1 aliphatic heterocycles. The average molecular weight is 430 g/mol. The van der Waals surface area contributed by atoms with Crippen LogP contribution in [0, 0.1) is 5.41 Å². The molecule has 0 spiro atoms. The Kier molecular flexibility index (Phi) is 7.01. The van der Waals surface area contributed by atoms with Crippen molar-refractivity contribution in [2.45, 2.75) is 19.4 Å². The van der Waals surface area contributed by atoms with Crippen LogP contribution in [0.25, 0.3) is 0 Å². The highest BCUT2D eigenvalue weighted by Gasteiger charge is 2.39. The van der Waals surface area contributed by atoms with Crippen LogP contribution in [0.2, 0.25) is 0 Å². The average Bonchev–Trinajstić information content (AvgIpc) is 3.04.